The molecule has 200 valence electrons. The van der Waals surface area contributed by atoms with Crippen LogP contribution in [0.1, 0.15) is 59.7 Å². The van der Waals surface area contributed by atoms with Crippen molar-refractivity contribution in [2.24, 2.45) is 5.10 Å². The summed E-state index contributed by atoms with van der Waals surface area (Å²) in [6.45, 7) is 8.34. The minimum Gasteiger partial charge on any atom is -0.459 e. The van der Waals surface area contributed by atoms with Crippen LogP contribution in [-0.4, -0.2) is 22.5 Å². The van der Waals surface area contributed by atoms with Gasteiger partial charge in [-0.2, -0.15) is 5.10 Å². The monoisotopic (exact) mass is 530 g/mol. The summed E-state index contributed by atoms with van der Waals surface area (Å²) in [5.41, 5.74) is 8.90. The Morgan fingerprint density at radius 3 is 2.25 bits per heavy atom. The molecule has 2 N–H and O–H groups in total. The third-order valence-electron chi connectivity index (χ3n) is 6.64. The molecule has 40 heavy (non-hydrogen) atoms. The van der Waals surface area contributed by atoms with Gasteiger partial charge in [-0.25, -0.2) is 10.4 Å². The number of para-hydroxylation sites is 1. The normalized spacial score (nSPS) is 11.8. The number of hydrazone groups is 1. The first-order chi connectivity index (χ1) is 19.2. The van der Waals surface area contributed by atoms with Gasteiger partial charge in [0.1, 0.15) is 0 Å². The lowest BCUT2D eigenvalue weighted by molar-refractivity contribution is 0.0955. The van der Waals surface area contributed by atoms with Crippen molar-refractivity contribution in [2.45, 2.75) is 33.1 Å². The number of fused-ring (bicyclic) bond motifs is 1. The summed E-state index contributed by atoms with van der Waals surface area (Å²) in [6.07, 6.45) is 1.45. The lowest BCUT2D eigenvalue weighted by Crippen LogP contribution is -2.20. The first-order valence-electron chi connectivity index (χ1n) is 13.0. The zero-order chi connectivity index (χ0) is 28.3. The lowest BCUT2D eigenvalue weighted by atomic mass is 9.86. The molecule has 2 heterocycles. The van der Waals surface area contributed by atoms with Crippen LogP contribution in [0.2, 0.25) is 0 Å². The average Bonchev–Trinajstić information content (AvgIpc) is 3.51. The highest BCUT2D eigenvalue weighted by Gasteiger charge is 2.16. The molecule has 2 aromatic heterocycles. The molecule has 0 fully saturated rings. The highest BCUT2D eigenvalue weighted by Crippen LogP contribution is 2.28. The maximum absolute atomic E-state index is 13.3. The number of carbonyl (C=O) groups is 2. The number of hydrogen-bond donors (Lipinski definition) is 2. The second-order valence-corrected chi connectivity index (χ2v) is 10.5. The summed E-state index contributed by atoms with van der Waals surface area (Å²) < 4.78 is 5.12. The summed E-state index contributed by atoms with van der Waals surface area (Å²) in [5, 5.41) is 7.87. The number of pyridine rings is 1. The van der Waals surface area contributed by atoms with Crippen LogP contribution in [0, 0.1) is 0 Å². The van der Waals surface area contributed by atoms with Crippen LogP contribution in [0.3, 0.4) is 0 Å². The molecule has 2 amide bonds. The minimum atomic E-state index is -0.329. The number of furan rings is 1. The Labute approximate surface area is 233 Å². The number of anilines is 1. The van der Waals surface area contributed by atoms with Crippen LogP contribution in [0.25, 0.3) is 22.2 Å². The van der Waals surface area contributed by atoms with Gasteiger partial charge < -0.3 is 9.73 Å². The molecule has 7 heteroatoms. The molecule has 0 bridgehead atoms. The number of aromatic nitrogens is 1. The highest BCUT2D eigenvalue weighted by molar-refractivity contribution is 6.08. The smallest absolute Gasteiger partial charge is 0.291 e. The van der Waals surface area contributed by atoms with Crippen molar-refractivity contribution >= 4 is 34.1 Å². The van der Waals surface area contributed by atoms with Gasteiger partial charge >= 0.3 is 0 Å². The SMILES string of the molecule is C/C(=N/NC(=O)c1cc(-c2ccc(C(C)(C)C)cc2)nc2ccccc12)c1ccc(NC(=O)c2ccco2)cc1. The van der Waals surface area contributed by atoms with Crippen LogP contribution < -0.4 is 10.7 Å². The molecule has 0 saturated carbocycles. The summed E-state index contributed by atoms with van der Waals surface area (Å²) in [4.78, 5) is 30.4. The molecule has 5 rings (SSSR count). The topological polar surface area (TPSA) is 96.6 Å². The van der Waals surface area contributed by atoms with Gasteiger partial charge in [0.25, 0.3) is 11.8 Å². The summed E-state index contributed by atoms with van der Waals surface area (Å²) in [5.74, 6) is -0.421. The lowest BCUT2D eigenvalue weighted by Gasteiger charge is -2.19. The average molecular weight is 531 g/mol. The van der Waals surface area contributed by atoms with E-state index in [9.17, 15) is 9.59 Å². The van der Waals surface area contributed by atoms with Crippen molar-refractivity contribution in [1.29, 1.82) is 0 Å². The fourth-order valence-corrected chi connectivity index (χ4v) is 4.31. The van der Waals surface area contributed by atoms with E-state index in [4.69, 9.17) is 9.40 Å². The van der Waals surface area contributed by atoms with E-state index >= 15 is 0 Å². The van der Waals surface area contributed by atoms with Gasteiger partial charge in [-0.05, 0) is 59.9 Å². The number of carbonyl (C=O) groups excluding carboxylic acids is 2. The minimum absolute atomic E-state index is 0.0461. The molecule has 0 aliphatic heterocycles. The van der Waals surface area contributed by atoms with Gasteiger partial charge in [-0.1, -0.05) is 75.4 Å². The van der Waals surface area contributed by atoms with Crippen LogP contribution >= 0.6 is 0 Å². The van der Waals surface area contributed by atoms with Crippen molar-refractivity contribution in [3.8, 4) is 11.3 Å². The van der Waals surface area contributed by atoms with Gasteiger partial charge in [0.05, 0.1) is 28.7 Å². The van der Waals surface area contributed by atoms with Crippen LogP contribution in [0.15, 0.2) is 107 Å². The second kappa shape index (κ2) is 11.0. The Morgan fingerprint density at radius 2 is 1.57 bits per heavy atom. The molecular formula is C33H30N4O3. The fraction of sp³-hybridized carbons (Fsp3) is 0.152. The maximum atomic E-state index is 13.3. The summed E-state index contributed by atoms with van der Waals surface area (Å²) >= 11 is 0. The number of nitrogens with zero attached hydrogens (tertiary/aromatic N) is 2. The van der Waals surface area contributed by atoms with E-state index in [0.29, 0.717) is 17.0 Å². The molecular weight excluding hydrogens is 500 g/mol. The highest BCUT2D eigenvalue weighted by atomic mass is 16.3. The van der Waals surface area contributed by atoms with Crippen molar-refractivity contribution in [3.63, 3.8) is 0 Å². The number of amides is 2. The Hall–Kier alpha value is -5.04. The Bertz CT molecular complexity index is 1700. The predicted octanol–water partition coefficient (Wildman–Crippen LogP) is 7.20. The second-order valence-electron chi connectivity index (χ2n) is 10.5. The first kappa shape index (κ1) is 26.6. The van der Waals surface area contributed by atoms with Crippen LogP contribution in [0.4, 0.5) is 5.69 Å². The van der Waals surface area contributed by atoms with Gasteiger partial charge in [-0.3, -0.25) is 9.59 Å². The first-order valence-corrected chi connectivity index (χ1v) is 13.0. The van der Waals surface area contributed by atoms with E-state index in [-0.39, 0.29) is 23.0 Å². The van der Waals surface area contributed by atoms with Crippen molar-refractivity contribution < 1.29 is 14.0 Å². The van der Waals surface area contributed by atoms with Gasteiger partial charge in [0.2, 0.25) is 0 Å². The van der Waals surface area contributed by atoms with Gasteiger partial charge in [0.15, 0.2) is 5.76 Å². The summed E-state index contributed by atoms with van der Waals surface area (Å²) in [7, 11) is 0. The summed E-state index contributed by atoms with van der Waals surface area (Å²) in [6, 6.07) is 28.1. The molecule has 0 atom stereocenters. The maximum Gasteiger partial charge on any atom is 0.291 e. The molecule has 0 saturated heterocycles. The van der Waals surface area contributed by atoms with Crippen molar-refractivity contribution in [1.82, 2.24) is 10.4 Å². The van der Waals surface area contributed by atoms with Crippen LogP contribution in [-0.2, 0) is 5.41 Å². The number of nitrogens with one attached hydrogen (secondary N) is 2. The molecule has 3 aromatic carbocycles. The molecule has 0 radical (unpaired) electrons. The standard InChI is InChI=1S/C33H30N4O3/c1-21(22-13-17-25(18-14-22)34-32(39)30-10-7-19-40-30)36-37-31(38)27-20-29(35-28-9-6-5-8-26(27)28)23-11-15-24(16-12-23)33(2,3)4/h5-20H,1-4H3,(H,34,39)(H,37,38)/b36-21-. The predicted molar refractivity (Wildman–Crippen MR) is 159 cm³/mol. The van der Waals surface area contributed by atoms with E-state index in [0.717, 1.165) is 27.7 Å². The molecule has 0 aliphatic rings. The van der Waals surface area contributed by atoms with E-state index in [1.807, 2.05) is 61.5 Å². The van der Waals surface area contributed by atoms with Crippen LogP contribution in [0.5, 0.6) is 0 Å². The fourth-order valence-electron chi connectivity index (χ4n) is 4.31. The van der Waals surface area contributed by atoms with E-state index in [1.165, 1.54) is 11.8 Å². The van der Waals surface area contributed by atoms with Gasteiger partial charge in [-0.15, -0.1) is 0 Å². The largest absolute Gasteiger partial charge is 0.459 e. The third kappa shape index (κ3) is 5.83. The zero-order valence-corrected chi connectivity index (χ0v) is 22.9. The molecule has 7 nitrogen and oxygen atoms in total. The number of hydrogen-bond acceptors (Lipinski definition) is 5. The van der Waals surface area contributed by atoms with E-state index in [1.54, 1.807) is 24.3 Å². The third-order valence-corrected chi connectivity index (χ3v) is 6.64. The zero-order valence-electron chi connectivity index (χ0n) is 22.9. The molecule has 0 spiro atoms. The quantitative estimate of drug-likeness (QED) is 0.179. The van der Waals surface area contributed by atoms with E-state index in [2.05, 4.69) is 48.7 Å². The number of rotatable bonds is 6. The van der Waals surface area contributed by atoms with Crippen molar-refractivity contribution in [3.05, 3.63) is 120 Å². The molecule has 5 aromatic rings. The molecule has 0 aliphatic carbocycles. The van der Waals surface area contributed by atoms with Gasteiger partial charge in [0, 0.05) is 16.6 Å². The Morgan fingerprint density at radius 1 is 0.850 bits per heavy atom. The van der Waals surface area contributed by atoms with E-state index < -0.39 is 0 Å². The molecule has 0 unspecified atom stereocenters. The van der Waals surface area contributed by atoms with Crippen molar-refractivity contribution in [2.75, 3.05) is 5.32 Å². The Kier molecular flexibility index (Phi) is 7.29. The number of benzene rings is 3. The Balaban J connectivity index is 1.35.